The number of aliphatic hydroxyl groups excluding tert-OH is 1. The summed E-state index contributed by atoms with van der Waals surface area (Å²) in [6.45, 7) is 8.04. The van der Waals surface area contributed by atoms with E-state index in [1.165, 1.54) is 7.11 Å². The van der Waals surface area contributed by atoms with E-state index in [1.807, 2.05) is 18.2 Å². The highest BCUT2D eigenvalue weighted by atomic mass is 79.9. The Morgan fingerprint density at radius 1 is 1.09 bits per heavy atom. The minimum Gasteiger partial charge on any atom is -0.497 e. The molecule has 0 aliphatic carbocycles. The lowest BCUT2D eigenvalue weighted by molar-refractivity contribution is -0.163. The van der Waals surface area contributed by atoms with Crippen molar-refractivity contribution in [1.82, 2.24) is 10.2 Å². The van der Waals surface area contributed by atoms with Gasteiger partial charge >= 0.3 is 5.97 Å². The van der Waals surface area contributed by atoms with Crippen molar-refractivity contribution in [2.24, 2.45) is 11.8 Å². The van der Waals surface area contributed by atoms with Gasteiger partial charge in [-0.3, -0.25) is 19.2 Å². The van der Waals surface area contributed by atoms with Crippen LogP contribution in [0.3, 0.4) is 0 Å². The summed E-state index contributed by atoms with van der Waals surface area (Å²) in [5, 5.41) is 12.4. The zero-order valence-corrected chi connectivity index (χ0v) is 31.9. The van der Waals surface area contributed by atoms with E-state index in [9.17, 15) is 24.3 Å². The van der Waals surface area contributed by atoms with E-state index in [-0.39, 0.29) is 55.3 Å². The maximum atomic E-state index is 14.9. The number of esters is 1. The van der Waals surface area contributed by atoms with Crippen LogP contribution in [0.4, 0.5) is 5.69 Å². The third-order valence-electron chi connectivity index (χ3n) is 10.3. The Labute approximate surface area is 319 Å². The molecule has 1 spiro atoms. The second-order valence-electron chi connectivity index (χ2n) is 13.6. The molecule has 3 saturated heterocycles. The van der Waals surface area contributed by atoms with Crippen molar-refractivity contribution in [3.63, 3.8) is 0 Å². The van der Waals surface area contributed by atoms with Crippen molar-refractivity contribution in [2.45, 2.75) is 73.2 Å². The zero-order valence-electron chi connectivity index (χ0n) is 30.4. The lowest BCUT2D eigenvalue weighted by atomic mass is 9.70. The minimum absolute atomic E-state index is 0.0127. The van der Waals surface area contributed by atoms with Crippen molar-refractivity contribution in [1.29, 1.82) is 0 Å². The maximum Gasteiger partial charge on any atom is 0.313 e. The summed E-state index contributed by atoms with van der Waals surface area (Å²) in [7, 11) is 3.06. The van der Waals surface area contributed by atoms with Crippen molar-refractivity contribution in [3.8, 4) is 5.75 Å². The number of anilines is 1. The van der Waals surface area contributed by atoms with E-state index in [2.05, 4.69) is 34.4 Å². The van der Waals surface area contributed by atoms with Gasteiger partial charge in [0.25, 0.3) is 5.91 Å². The van der Waals surface area contributed by atoms with Gasteiger partial charge in [0, 0.05) is 43.7 Å². The Kier molecular flexibility index (Phi) is 13.9. The molecular weight excluding hydrogens is 746 g/mol. The molecule has 1 unspecified atom stereocenters. The van der Waals surface area contributed by atoms with E-state index in [4.69, 9.17) is 18.9 Å². The number of nitrogens with one attached hydrogen (secondary N) is 1. The van der Waals surface area contributed by atoms with Crippen LogP contribution in [0.5, 0.6) is 5.75 Å². The number of fused-ring (bicyclic) bond motifs is 1. The summed E-state index contributed by atoms with van der Waals surface area (Å²) >= 11 is 3.74. The van der Waals surface area contributed by atoms with E-state index in [0.29, 0.717) is 49.1 Å². The molecule has 12 nitrogen and oxygen atoms in total. The summed E-state index contributed by atoms with van der Waals surface area (Å²) < 4.78 is 23.9. The van der Waals surface area contributed by atoms with Crippen LogP contribution >= 0.6 is 15.9 Å². The van der Waals surface area contributed by atoms with E-state index in [1.54, 1.807) is 65.5 Å². The number of ether oxygens (including phenoxy) is 4. The number of rotatable bonds is 20. The Bertz CT molecular complexity index is 1610. The van der Waals surface area contributed by atoms with E-state index >= 15 is 0 Å². The zero-order chi connectivity index (χ0) is 38.1. The van der Waals surface area contributed by atoms with Crippen molar-refractivity contribution in [2.75, 3.05) is 45.4 Å². The summed E-state index contributed by atoms with van der Waals surface area (Å²) in [6, 6.07) is 14.3. The monoisotopic (exact) mass is 795 g/mol. The first-order valence-electron chi connectivity index (χ1n) is 18.1. The largest absolute Gasteiger partial charge is 0.497 e. The Hall–Kier alpha value is -4.04. The number of hydrogen-bond acceptors (Lipinski definition) is 9. The van der Waals surface area contributed by atoms with Crippen molar-refractivity contribution in [3.05, 3.63) is 85.5 Å². The average molecular weight is 797 g/mol. The first-order valence-corrected chi connectivity index (χ1v) is 19.0. The normalized spacial score (nSPS) is 25.3. The number of methoxy groups -OCH3 is 2. The van der Waals surface area contributed by atoms with Crippen LogP contribution in [0.15, 0.2) is 79.9 Å². The Morgan fingerprint density at radius 3 is 2.47 bits per heavy atom. The predicted molar refractivity (Wildman–Crippen MR) is 202 cm³/mol. The molecule has 5 rings (SSSR count). The first kappa shape index (κ1) is 40.2. The maximum absolute atomic E-state index is 14.9. The summed E-state index contributed by atoms with van der Waals surface area (Å²) in [4.78, 5) is 59.9. The predicted octanol–water partition coefficient (Wildman–Crippen LogP) is 4.51. The number of carbonyl (C=O) groups is 4. The molecule has 2 N–H and O–H groups in total. The molecular formula is C40H50BrN3O9. The fourth-order valence-electron chi connectivity index (χ4n) is 7.98. The second kappa shape index (κ2) is 18.3. The minimum atomic E-state index is -1.33. The van der Waals surface area contributed by atoms with E-state index < -0.39 is 47.7 Å². The molecule has 0 aromatic heterocycles. The third kappa shape index (κ3) is 8.38. The van der Waals surface area contributed by atoms with Crippen LogP contribution in [-0.4, -0.2) is 103 Å². The molecule has 3 heterocycles. The van der Waals surface area contributed by atoms with Gasteiger partial charge in [-0.1, -0.05) is 58.4 Å². The number of unbranched alkanes of at least 4 members (excludes halogenated alkanes) is 2. The number of benzene rings is 2. The highest BCUT2D eigenvalue weighted by Crippen LogP contribution is 2.60. The third-order valence-corrected chi connectivity index (χ3v) is 11.2. The molecule has 2 aromatic carbocycles. The standard InChI is InChI=1S/C40H50BrN3O9/c1-5-7-16-31(46)42-30(25-50-3)34(26-14-10-8-11-15-26)52-39(49)32-33-37(47)44(22-12-9-13-23-45)36(40(33)24-29(41)35(32)53-40)38(48)43(21-6-2)27-17-19-28(51-4)20-18-27/h5-6,8,10-11,14-15,17-20,29-30,32-36,45H,1-2,7,9,12-13,16,21-25H2,3-4H3,(H,42,46)/t29?,30-,32-,33+,34-,35-,36-,40+/m1/s1. The number of nitrogens with zero attached hydrogens (tertiary/aromatic N) is 2. The van der Waals surface area contributed by atoms with Gasteiger partial charge in [-0.15, -0.1) is 13.2 Å². The van der Waals surface area contributed by atoms with Crippen LogP contribution in [-0.2, 0) is 33.4 Å². The van der Waals surface area contributed by atoms with Gasteiger partial charge in [0.2, 0.25) is 11.8 Å². The van der Waals surface area contributed by atoms with Gasteiger partial charge in [-0.25, -0.2) is 0 Å². The highest BCUT2D eigenvalue weighted by molar-refractivity contribution is 9.09. The molecule has 2 bridgehead atoms. The SMILES string of the molecule is C=CCCC(=O)N[C@H](COC)[C@H](OC(=O)[C@H]1[C@@H]2O[C@@]3(CC2Br)[C@@H]1C(=O)N(CCCCCO)[C@@H]3C(=O)N(CC=C)c1ccc(OC)cc1)c1ccccc1. The lowest BCUT2D eigenvalue weighted by Gasteiger charge is -2.37. The Balaban J connectivity index is 1.51. The lowest BCUT2D eigenvalue weighted by Crippen LogP contribution is -2.57. The molecule has 286 valence electrons. The van der Waals surface area contributed by atoms with Crippen LogP contribution in [0.1, 0.15) is 50.2 Å². The fourth-order valence-corrected chi connectivity index (χ4v) is 8.92. The molecule has 3 amide bonds. The molecule has 13 heteroatoms. The van der Waals surface area contributed by atoms with Gasteiger partial charge in [0.1, 0.15) is 23.5 Å². The topological polar surface area (TPSA) is 144 Å². The number of carbonyl (C=O) groups excluding carboxylic acids is 4. The van der Waals surface area contributed by atoms with Gasteiger partial charge in [0.15, 0.2) is 0 Å². The second-order valence-corrected chi connectivity index (χ2v) is 14.8. The van der Waals surface area contributed by atoms with Crippen molar-refractivity contribution >= 4 is 45.3 Å². The summed E-state index contributed by atoms with van der Waals surface area (Å²) in [5.41, 5.74) is -0.101. The van der Waals surface area contributed by atoms with Gasteiger partial charge in [-0.2, -0.15) is 0 Å². The number of halogens is 1. The molecule has 53 heavy (non-hydrogen) atoms. The number of allylic oxidation sites excluding steroid dienone is 1. The molecule has 2 aromatic rings. The highest BCUT2D eigenvalue weighted by Gasteiger charge is 2.77. The Morgan fingerprint density at radius 2 is 1.83 bits per heavy atom. The average Bonchev–Trinajstić information content (AvgIpc) is 3.76. The molecule has 3 aliphatic heterocycles. The number of hydrogen-bond donors (Lipinski definition) is 2. The number of amides is 3. The van der Waals surface area contributed by atoms with Gasteiger partial charge in [-0.05, 0) is 61.9 Å². The smallest absolute Gasteiger partial charge is 0.313 e. The van der Waals surface area contributed by atoms with Crippen molar-refractivity contribution < 1.29 is 43.2 Å². The quantitative estimate of drug-likeness (QED) is 0.0857. The van der Waals surface area contributed by atoms with Crippen LogP contribution in [0.2, 0.25) is 0 Å². The van der Waals surface area contributed by atoms with Crippen LogP contribution in [0, 0.1) is 11.8 Å². The molecule has 0 saturated carbocycles. The van der Waals surface area contributed by atoms with Gasteiger partial charge < -0.3 is 39.2 Å². The summed E-state index contributed by atoms with van der Waals surface area (Å²) in [6.07, 6.45) is 4.29. The molecule has 0 radical (unpaired) electrons. The van der Waals surface area contributed by atoms with Crippen LogP contribution in [0.25, 0.3) is 0 Å². The molecule has 3 aliphatic rings. The number of aliphatic hydroxyl groups is 1. The summed E-state index contributed by atoms with van der Waals surface area (Å²) in [5.74, 6) is -3.05. The molecule has 8 atom stereocenters. The number of likely N-dealkylation sites (tertiary alicyclic amines) is 1. The van der Waals surface area contributed by atoms with Crippen LogP contribution < -0.4 is 15.0 Å². The van der Waals surface area contributed by atoms with E-state index in [0.717, 1.165) is 0 Å². The number of alkyl halides is 1. The van der Waals surface area contributed by atoms with Gasteiger partial charge in [0.05, 0.1) is 37.7 Å². The fraction of sp³-hybridized carbons (Fsp3) is 0.500. The molecule has 3 fully saturated rings. The first-order chi connectivity index (χ1) is 25.6.